The van der Waals surface area contributed by atoms with Crippen molar-refractivity contribution in [2.45, 2.75) is 32.9 Å². The van der Waals surface area contributed by atoms with Crippen molar-refractivity contribution in [2.75, 3.05) is 7.11 Å². The smallest absolute Gasteiger partial charge is 0.273 e. The van der Waals surface area contributed by atoms with Gasteiger partial charge in [0.05, 0.1) is 0 Å². The highest BCUT2D eigenvalue weighted by Crippen LogP contribution is 2.05. The summed E-state index contributed by atoms with van der Waals surface area (Å²) < 4.78 is 9.76. The molecule has 5 heteroatoms. The summed E-state index contributed by atoms with van der Waals surface area (Å²) in [7, 11) is 1.56. The standard InChI is InChI=1S/C10H16N2O3/c1-4-7(2)11-10(13)9-5-8(6-14-3)15-12-9/h5,7H,4,6H2,1-3H3,(H,11,13). The molecule has 0 aliphatic heterocycles. The number of methoxy groups -OCH3 is 1. The molecule has 0 fully saturated rings. The van der Waals surface area contributed by atoms with E-state index in [1.165, 1.54) is 0 Å². The second-order valence-electron chi connectivity index (χ2n) is 3.39. The number of carbonyl (C=O) groups excluding carboxylic acids is 1. The van der Waals surface area contributed by atoms with Crippen LogP contribution < -0.4 is 5.32 Å². The van der Waals surface area contributed by atoms with Gasteiger partial charge in [0.25, 0.3) is 5.91 Å². The second-order valence-corrected chi connectivity index (χ2v) is 3.39. The molecular weight excluding hydrogens is 196 g/mol. The van der Waals surface area contributed by atoms with Gasteiger partial charge in [0.15, 0.2) is 11.5 Å². The van der Waals surface area contributed by atoms with Gasteiger partial charge in [-0.25, -0.2) is 0 Å². The molecule has 1 unspecified atom stereocenters. The molecule has 1 N–H and O–H groups in total. The number of nitrogens with one attached hydrogen (secondary N) is 1. The zero-order valence-electron chi connectivity index (χ0n) is 9.24. The first kappa shape index (κ1) is 11.7. The first-order chi connectivity index (χ1) is 7.17. The van der Waals surface area contributed by atoms with Gasteiger partial charge in [-0.2, -0.15) is 0 Å². The van der Waals surface area contributed by atoms with E-state index in [2.05, 4.69) is 10.5 Å². The zero-order valence-corrected chi connectivity index (χ0v) is 9.24. The third-order valence-corrected chi connectivity index (χ3v) is 2.07. The van der Waals surface area contributed by atoms with Crippen molar-refractivity contribution in [3.8, 4) is 0 Å². The third-order valence-electron chi connectivity index (χ3n) is 2.07. The molecule has 1 rings (SSSR count). The van der Waals surface area contributed by atoms with Gasteiger partial charge >= 0.3 is 0 Å². The van der Waals surface area contributed by atoms with Crippen LogP contribution in [-0.2, 0) is 11.3 Å². The highest BCUT2D eigenvalue weighted by molar-refractivity contribution is 5.92. The Labute approximate surface area is 88.8 Å². The van der Waals surface area contributed by atoms with E-state index < -0.39 is 0 Å². The average Bonchev–Trinajstić information content (AvgIpc) is 2.67. The van der Waals surface area contributed by atoms with Gasteiger partial charge in [0.1, 0.15) is 6.61 Å². The lowest BCUT2D eigenvalue weighted by Crippen LogP contribution is -2.32. The van der Waals surface area contributed by atoms with Crippen molar-refractivity contribution in [3.05, 3.63) is 17.5 Å². The molecule has 0 aromatic carbocycles. The number of carbonyl (C=O) groups is 1. The third kappa shape index (κ3) is 3.36. The van der Waals surface area contributed by atoms with Crippen LogP contribution in [0.1, 0.15) is 36.5 Å². The highest BCUT2D eigenvalue weighted by Gasteiger charge is 2.13. The van der Waals surface area contributed by atoms with Crippen LogP contribution >= 0.6 is 0 Å². The Morgan fingerprint density at radius 1 is 1.73 bits per heavy atom. The molecule has 0 radical (unpaired) electrons. The average molecular weight is 212 g/mol. The van der Waals surface area contributed by atoms with Crippen LogP contribution in [0, 0.1) is 0 Å². The number of hydrogen-bond donors (Lipinski definition) is 1. The van der Waals surface area contributed by atoms with Crippen LogP contribution in [0.15, 0.2) is 10.6 Å². The minimum atomic E-state index is -0.213. The molecule has 0 saturated carbocycles. The maximum absolute atomic E-state index is 11.6. The van der Waals surface area contributed by atoms with E-state index in [0.29, 0.717) is 18.1 Å². The normalized spacial score (nSPS) is 12.5. The summed E-state index contributed by atoms with van der Waals surface area (Å²) in [5.74, 6) is 0.335. The van der Waals surface area contributed by atoms with Gasteiger partial charge in [0, 0.05) is 19.2 Å². The number of amides is 1. The molecule has 15 heavy (non-hydrogen) atoms. The molecule has 1 aromatic heterocycles. The van der Waals surface area contributed by atoms with Gasteiger partial charge in [-0.3, -0.25) is 4.79 Å². The van der Waals surface area contributed by atoms with Crippen LogP contribution in [0.3, 0.4) is 0 Å². The fraction of sp³-hybridized carbons (Fsp3) is 0.600. The van der Waals surface area contributed by atoms with Crippen molar-refractivity contribution in [1.82, 2.24) is 10.5 Å². The summed E-state index contributed by atoms with van der Waals surface area (Å²) in [6.45, 7) is 4.27. The van der Waals surface area contributed by atoms with E-state index in [1.54, 1.807) is 13.2 Å². The molecule has 1 atom stereocenters. The van der Waals surface area contributed by atoms with Crippen molar-refractivity contribution in [1.29, 1.82) is 0 Å². The van der Waals surface area contributed by atoms with Crippen LogP contribution in [-0.4, -0.2) is 24.2 Å². The minimum absolute atomic E-state index is 0.139. The molecule has 0 aliphatic rings. The number of nitrogens with zero attached hydrogens (tertiary/aromatic N) is 1. The van der Waals surface area contributed by atoms with Gasteiger partial charge in [-0.05, 0) is 13.3 Å². The van der Waals surface area contributed by atoms with E-state index >= 15 is 0 Å². The van der Waals surface area contributed by atoms with E-state index in [-0.39, 0.29) is 11.9 Å². The van der Waals surface area contributed by atoms with E-state index in [9.17, 15) is 4.79 Å². The lowest BCUT2D eigenvalue weighted by Gasteiger charge is -2.08. The van der Waals surface area contributed by atoms with E-state index in [4.69, 9.17) is 9.26 Å². The first-order valence-electron chi connectivity index (χ1n) is 4.92. The molecule has 1 amide bonds. The summed E-state index contributed by atoms with van der Waals surface area (Å²) in [6.07, 6.45) is 0.883. The molecule has 0 bridgehead atoms. The van der Waals surface area contributed by atoms with Crippen molar-refractivity contribution in [2.24, 2.45) is 0 Å². The number of aromatic nitrogens is 1. The Morgan fingerprint density at radius 2 is 2.47 bits per heavy atom. The Balaban J connectivity index is 2.58. The molecular formula is C10H16N2O3. The first-order valence-corrected chi connectivity index (χ1v) is 4.92. The maximum atomic E-state index is 11.6. The fourth-order valence-corrected chi connectivity index (χ4v) is 1.03. The maximum Gasteiger partial charge on any atom is 0.273 e. The van der Waals surface area contributed by atoms with E-state index in [0.717, 1.165) is 6.42 Å². The molecule has 1 aromatic rings. The Bertz CT molecular complexity index is 322. The fourth-order valence-electron chi connectivity index (χ4n) is 1.03. The number of rotatable bonds is 5. The quantitative estimate of drug-likeness (QED) is 0.800. The molecule has 1 heterocycles. The minimum Gasteiger partial charge on any atom is -0.377 e. The number of ether oxygens (including phenoxy) is 1. The topological polar surface area (TPSA) is 64.4 Å². The van der Waals surface area contributed by atoms with Gasteiger partial charge in [-0.1, -0.05) is 12.1 Å². The molecule has 0 saturated heterocycles. The summed E-state index contributed by atoms with van der Waals surface area (Å²) in [5, 5.41) is 6.45. The van der Waals surface area contributed by atoms with Crippen LogP contribution in [0.25, 0.3) is 0 Å². The second kappa shape index (κ2) is 5.50. The summed E-state index contributed by atoms with van der Waals surface area (Å²) >= 11 is 0. The summed E-state index contributed by atoms with van der Waals surface area (Å²) in [4.78, 5) is 11.6. The van der Waals surface area contributed by atoms with Crippen molar-refractivity contribution in [3.63, 3.8) is 0 Å². The SMILES string of the molecule is CCC(C)NC(=O)c1cc(COC)on1. The molecule has 84 valence electrons. The summed E-state index contributed by atoms with van der Waals surface area (Å²) in [5.41, 5.74) is 0.294. The molecule has 0 spiro atoms. The Kier molecular flexibility index (Phi) is 4.30. The monoisotopic (exact) mass is 212 g/mol. The molecule has 5 nitrogen and oxygen atoms in total. The van der Waals surface area contributed by atoms with Crippen LogP contribution in [0.2, 0.25) is 0 Å². The molecule has 0 aliphatic carbocycles. The van der Waals surface area contributed by atoms with Gasteiger partial charge in [0.2, 0.25) is 0 Å². The van der Waals surface area contributed by atoms with Crippen molar-refractivity contribution >= 4 is 5.91 Å². The predicted octanol–water partition coefficient (Wildman–Crippen LogP) is 1.35. The van der Waals surface area contributed by atoms with Crippen LogP contribution in [0.4, 0.5) is 0 Å². The Morgan fingerprint density at radius 3 is 3.07 bits per heavy atom. The number of hydrogen-bond acceptors (Lipinski definition) is 4. The lowest BCUT2D eigenvalue weighted by molar-refractivity contribution is 0.0929. The largest absolute Gasteiger partial charge is 0.377 e. The van der Waals surface area contributed by atoms with Crippen molar-refractivity contribution < 1.29 is 14.1 Å². The van der Waals surface area contributed by atoms with Crippen LogP contribution in [0.5, 0.6) is 0 Å². The highest BCUT2D eigenvalue weighted by atomic mass is 16.5. The summed E-state index contributed by atoms with van der Waals surface area (Å²) in [6, 6.07) is 1.72. The Hall–Kier alpha value is -1.36. The van der Waals surface area contributed by atoms with E-state index in [1.807, 2.05) is 13.8 Å². The zero-order chi connectivity index (χ0) is 11.3. The van der Waals surface area contributed by atoms with Gasteiger partial charge < -0.3 is 14.6 Å². The lowest BCUT2D eigenvalue weighted by atomic mass is 10.2. The predicted molar refractivity (Wildman–Crippen MR) is 54.4 cm³/mol. The van der Waals surface area contributed by atoms with Gasteiger partial charge in [-0.15, -0.1) is 0 Å².